The Morgan fingerprint density at radius 2 is 1.80 bits per heavy atom. The van der Waals surface area contributed by atoms with Crippen molar-refractivity contribution in [2.24, 2.45) is 0 Å². The maximum Gasteiger partial charge on any atom is 0.238 e. The first-order chi connectivity index (χ1) is 11.9. The highest BCUT2D eigenvalue weighted by molar-refractivity contribution is 5.93. The maximum absolute atomic E-state index is 12.6. The standard InChI is InChI=1S/C22H28N2O/c1-22(2,3)18-11-7-8-12-19(18)23-21(25)15-24(4)20-14-13-16-9-5-6-10-17(16)20/h5-12,20H,13-15H2,1-4H3,(H,23,25)/t20-/m1/s1. The van der Waals surface area contributed by atoms with Crippen molar-refractivity contribution in [3.05, 3.63) is 65.2 Å². The molecule has 0 spiro atoms. The summed E-state index contributed by atoms with van der Waals surface area (Å²) < 4.78 is 0. The molecule has 1 aliphatic rings. The van der Waals surface area contributed by atoms with Crippen LogP contribution < -0.4 is 5.32 Å². The normalized spacial score (nSPS) is 16.8. The second-order valence-corrected chi connectivity index (χ2v) is 8.01. The Balaban J connectivity index is 1.68. The fraction of sp³-hybridized carbons (Fsp3) is 0.409. The minimum Gasteiger partial charge on any atom is -0.325 e. The number of likely N-dealkylation sites (N-methyl/N-ethyl adjacent to an activating group) is 1. The van der Waals surface area contributed by atoms with Crippen LogP contribution in [0.15, 0.2) is 48.5 Å². The Morgan fingerprint density at radius 1 is 1.12 bits per heavy atom. The zero-order valence-electron chi connectivity index (χ0n) is 15.7. The molecule has 2 aromatic carbocycles. The summed E-state index contributed by atoms with van der Waals surface area (Å²) in [5, 5.41) is 3.11. The van der Waals surface area contributed by atoms with Crippen LogP contribution in [0.3, 0.4) is 0 Å². The van der Waals surface area contributed by atoms with Gasteiger partial charge in [0.1, 0.15) is 0 Å². The van der Waals surface area contributed by atoms with E-state index in [4.69, 9.17) is 0 Å². The summed E-state index contributed by atoms with van der Waals surface area (Å²) >= 11 is 0. The Hall–Kier alpha value is -2.13. The van der Waals surface area contributed by atoms with Crippen LogP contribution in [0.1, 0.15) is 49.9 Å². The molecule has 0 bridgehead atoms. The summed E-state index contributed by atoms with van der Waals surface area (Å²) in [6.45, 7) is 6.90. The van der Waals surface area contributed by atoms with Crippen LogP contribution in [0.5, 0.6) is 0 Å². The summed E-state index contributed by atoms with van der Waals surface area (Å²) in [7, 11) is 2.04. The second kappa shape index (κ2) is 7.01. The first-order valence-corrected chi connectivity index (χ1v) is 9.03. The highest BCUT2D eigenvalue weighted by Crippen LogP contribution is 2.34. The van der Waals surface area contributed by atoms with Crippen LogP contribution in [0.2, 0.25) is 0 Å². The molecule has 2 aromatic rings. The van der Waals surface area contributed by atoms with Gasteiger partial charge in [0.15, 0.2) is 0 Å². The van der Waals surface area contributed by atoms with E-state index in [2.05, 4.69) is 61.3 Å². The number of carbonyl (C=O) groups is 1. The Bertz CT molecular complexity index is 761. The molecule has 0 radical (unpaired) electrons. The minimum atomic E-state index is 0.000166. The lowest BCUT2D eigenvalue weighted by Gasteiger charge is -2.26. The van der Waals surface area contributed by atoms with Gasteiger partial charge in [0.2, 0.25) is 5.91 Å². The Kier molecular flexibility index (Phi) is 4.96. The molecule has 0 saturated heterocycles. The highest BCUT2D eigenvalue weighted by atomic mass is 16.2. The topological polar surface area (TPSA) is 32.3 Å². The monoisotopic (exact) mass is 336 g/mol. The smallest absolute Gasteiger partial charge is 0.238 e. The third kappa shape index (κ3) is 3.93. The fourth-order valence-electron chi connectivity index (χ4n) is 3.77. The number of rotatable bonds is 4. The van der Waals surface area contributed by atoms with E-state index < -0.39 is 0 Å². The molecule has 3 nitrogen and oxygen atoms in total. The number of nitrogens with zero attached hydrogens (tertiary/aromatic N) is 1. The minimum absolute atomic E-state index is 0.000166. The molecule has 1 aliphatic carbocycles. The third-order valence-electron chi connectivity index (χ3n) is 5.04. The Labute approximate surface area is 151 Å². The Morgan fingerprint density at radius 3 is 2.56 bits per heavy atom. The third-order valence-corrected chi connectivity index (χ3v) is 5.04. The zero-order valence-corrected chi connectivity index (χ0v) is 15.7. The maximum atomic E-state index is 12.6. The molecule has 0 heterocycles. The molecule has 1 N–H and O–H groups in total. The van der Waals surface area contributed by atoms with Gasteiger partial charge in [0, 0.05) is 11.7 Å². The van der Waals surface area contributed by atoms with Crippen molar-refractivity contribution >= 4 is 11.6 Å². The van der Waals surface area contributed by atoms with Gasteiger partial charge in [0.05, 0.1) is 6.54 Å². The van der Waals surface area contributed by atoms with Crippen molar-refractivity contribution in [1.82, 2.24) is 4.90 Å². The van der Waals surface area contributed by atoms with E-state index in [9.17, 15) is 4.79 Å². The predicted molar refractivity (Wildman–Crippen MR) is 104 cm³/mol. The summed E-state index contributed by atoms with van der Waals surface area (Å²) in [6, 6.07) is 17.0. The molecule has 0 aromatic heterocycles. The second-order valence-electron chi connectivity index (χ2n) is 8.01. The summed E-state index contributed by atoms with van der Waals surface area (Å²) in [6.07, 6.45) is 2.18. The number of fused-ring (bicyclic) bond motifs is 1. The average Bonchev–Trinajstić information content (AvgIpc) is 2.98. The number of benzene rings is 2. The van der Waals surface area contributed by atoms with Crippen LogP contribution in [-0.2, 0) is 16.6 Å². The fourth-order valence-corrected chi connectivity index (χ4v) is 3.77. The van der Waals surface area contributed by atoms with Gasteiger partial charge in [-0.3, -0.25) is 9.69 Å². The molecule has 132 valence electrons. The van der Waals surface area contributed by atoms with Crippen molar-refractivity contribution < 1.29 is 4.79 Å². The van der Waals surface area contributed by atoms with Gasteiger partial charge in [-0.15, -0.1) is 0 Å². The van der Waals surface area contributed by atoms with Gasteiger partial charge in [-0.25, -0.2) is 0 Å². The number of hydrogen-bond acceptors (Lipinski definition) is 2. The van der Waals surface area contributed by atoms with E-state index in [1.807, 2.05) is 25.2 Å². The first kappa shape index (κ1) is 17.7. The summed E-state index contributed by atoms with van der Waals surface area (Å²) in [4.78, 5) is 14.8. The van der Waals surface area contributed by atoms with Crippen LogP contribution in [0, 0.1) is 0 Å². The van der Waals surface area contributed by atoms with Crippen molar-refractivity contribution in [2.45, 2.75) is 45.1 Å². The predicted octanol–water partition coefficient (Wildman–Crippen LogP) is 4.54. The molecular weight excluding hydrogens is 308 g/mol. The van der Waals surface area contributed by atoms with Crippen LogP contribution >= 0.6 is 0 Å². The SMILES string of the molecule is CN(CC(=O)Nc1ccccc1C(C)(C)C)[C@@H]1CCc2ccccc21. The lowest BCUT2D eigenvalue weighted by molar-refractivity contribution is -0.117. The lowest BCUT2D eigenvalue weighted by Crippen LogP contribution is -2.33. The molecule has 0 unspecified atom stereocenters. The molecule has 0 aliphatic heterocycles. The number of aryl methyl sites for hydroxylation is 1. The molecular formula is C22H28N2O. The van der Waals surface area contributed by atoms with E-state index in [0.717, 1.165) is 24.1 Å². The van der Waals surface area contributed by atoms with Crippen molar-refractivity contribution in [3.63, 3.8) is 0 Å². The molecule has 0 fully saturated rings. The number of nitrogens with one attached hydrogen (secondary N) is 1. The van der Waals surface area contributed by atoms with Gasteiger partial charge in [-0.1, -0.05) is 63.2 Å². The van der Waals surface area contributed by atoms with Crippen LogP contribution in [-0.4, -0.2) is 24.4 Å². The van der Waals surface area contributed by atoms with E-state index in [-0.39, 0.29) is 11.3 Å². The van der Waals surface area contributed by atoms with E-state index in [1.54, 1.807) is 0 Å². The summed E-state index contributed by atoms with van der Waals surface area (Å²) in [5.41, 5.74) is 4.86. The van der Waals surface area contributed by atoms with Gasteiger partial charge in [-0.05, 0) is 48.1 Å². The molecule has 1 atom stereocenters. The van der Waals surface area contributed by atoms with Crippen LogP contribution in [0.4, 0.5) is 5.69 Å². The highest BCUT2D eigenvalue weighted by Gasteiger charge is 2.27. The number of hydrogen-bond donors (Lipinski definition) is 1. The number of amides is 1. The number of para-hydroxylation sites is 1. The summed E-state index contributed by atoms with van der Waals surface area (Å²) in [5.74, 6) is 0.0450. The molecule has 1 amide bonds. The van der Waals surface area contributed by atoms with Gasteiger partial charge >= 0.3 is 0 Å². The van der Waals surface area contributed by atoms with Crippen LogP contribution in [0.25, 0.3) is 0 Å². The first-order valence-electron chi connectivity index (χ1n) is 9.03. The van der Waals surface area contributed by atoms with Gasteiger partial charge < -0.3 is 5.32 Å². The van der Waals surface area contributed by atoms with Crippen molar-refractivity contribution in [3.8, 4) is 0 Å². The number of carbonyl (C=O) groups excluding carboxylic acids is 1. The van der Waals surface area contributed by atoms with Gasteiger partial charge in [0.25, 0.3) is 0 Å². The van der Waals surface area contributed by atoms with E-state index in [0.29, 0.717) is 12.6 Å². The average molecular weight is 336 g/mol. The zero-order chi connectivity index (χ0) is 18.0. The molecule has 25 heavy (non-hydrogen) atoms. The van der Waals surface area contributed by atoms with E-state index in [1.165, 1.54) is 11.1 Å². The van der Waals surface area contributed by atoms with Crippen molar-refractivity contribution in [1.29, 1.82) is 0 Å². The lowest BCUT2D eigenvalue weighted by atomic mass is 9.86. The molecule has 3 heteroatoms. The largest absolute Gasteiger partial charge is 0.325 e. The van der Waals surface area contributed by atoms with Gasteiger partial charge in [-0.2, -0.15) is 0 Å². The van der Waals surface area contributed by atoms with E-state index >= 15 is 0 Å². The molecule has 3 rings (SSSR count). The quantitative estimate of drug-likeness (QED) is 0.889. The molecule has 0 saturated carbocycles. The number of anilines is 1. The van der Waals surface area contributed by atoms with Crippen molar-refractivity contribution in [2.75, 3.05) is 18.9 Å².